The molecule has 3 rings (SSSR count). The summed E-state index contributed by atoms with van der Waals surface area (Å²) in [5, 5.41) is 8.78. The van der Waals surface area contributed by atoms with Gasteiger partial charge in [0.05, 0.1) is 24.8 Å². The maximum atomic E-state index is 12.3. The molecule has 0 fully saturated rings. The van der Waals surface area contributed by atoms with E-state index in [2.05, 4.69) is 0 Å². The first kappa shape index (κ1) is 19.2. The molecule has 28 heavy (non-hydrogen) atoms. The molecule has 1 atom stereocenters. The van der Waals surface area contributed by atoms with E-state index in [-0.39, 0.29) is 5.78 Å². The Balaban J connectivity index is 1.54. The van der Waals surface area contributed by atoms with E-state index in [0.29, 0.717) is 41.6 Å². The Morgan fingerprint density at radius 1 is 1.11 bits per heavy atom. The third-order valence-electron chi connectivity index (χ3n) is 4.04. The van der Waals surface area contributed by atoms with E-state index >= 15 is 0 Å². The lowest BCUT2D eigenvalue weighted by molar-refractivity contribution is -0.149. The number of rotatable bonds is 6. The van der Waals surface area contributed by atoms with Gasteiger partial charge < -0.3 is 18.9 Å². The topological polar surface area (TPSA) is 94.8 Å². The van der Waals surface area contributed by atoms with Crippen LogP contribution in [-0.4, -0.2) is 37.7 Å². The van der Waals surface area contributed by atoms with Crippen LogP contribution in [0.3, 0.4) is 0 Å². The lowest BCUT2D eigenvalue weighted by Crippen LogP contribution is -2.28. The summed E-state index contributed by atoms with van der Waals surface area (Å²) < 4.78 is 21.6. The first-order valence-corrected chi connectivity index (χ1v) is 8.83. The van der Waals surface area contributed by atoms with Gasteiger partial charge in [-0.05, 0) is 49.4 Å². The predicted octanol–water partition coefficient (Wildman–Crippen LogP) is 2.91. The second-order valence-corrected chi connectivity index (χ2v) is 6.14. The summed E-state index contributed by atoms with van der Waals surface area (Å²) in [5.74, 6) is 0.516. The van der Waals surface area contributed by atoms with Crippen LogP contribution in [-0.2, 0) is 9.53 Å². The van der Waals surface area contributed by atoms with Gasteiger partial charge in [-0.1, -0.05) is 0 Å². The Kier molecular flexibility index (Phi) is 6.12. The molecule has 1 aliphatic rings. The maximum absolute atomic E-state index is 12.3. The van der Waals surface area contributed by atoms with E-state index in [1.165, 1.54) is 6.92 Å². The number of Topliss-reactive ketones (excluding diaryl/α,β-unsaturated/α-hetero) is 1. The summed E-state index contributed by atoms with van der Waals surface area (Å²) in [6.07, 6.45) is -0.128. The number of benzene rings is 2. The predicted molar refractivity (Wildman–Crippen MR) is 98.6 cm³/mol. The molecule has 2 aromatic carbocycles. The van der Waals surface area contributed by atoms with E-state index in [0.717, 1.165) is 6.42 Å². The summed E-state index contributed by atoms with van der Waals surface area (Å²) in [5.41, 5.74) is 0.862. The highest BCUT2D eigenvalue weighted by Gasteiger charge is 2.19. The maximum Gasteiger partial charge on any atom is 0.347 e. The fraction of sp³-hybridized carbons (Fsp3) is 0.286. The van der Waals surface area contributed by atoms with E-state index in [4.69, 9.17) is 24.2 Å². The largest absolute Gasteiger partial charge is 0.490 e. The van der Waals surface area contributed by atoms with E-state index in [1.54, 1.807) is 42.5 Å². The zero-order chi connectivity index (χ0) is 19.9. The number of nitriles is 1. The second kappa shape index (κ2) is 8.91. The molecule has 0 saturated carbocycles. The van der Waals surface area contributed by atoms with E-state index < -0.39 is 18.7 Å². The number of hydrogen-bond donors (Lipinski definition) is 0. The minimum absolute atomic E-state index is 0.352. The molecule has 0 bridgehead atoms. The molecule has 0 saturated heterocycles. The molecule has 0 N–H and O–H groups in total. The fourth-order valence-electron chi connectivity index (χ4n) is 2.53. The normalized spacial score (nSPS) is 13.6. The zero-order valence-corrected chi connectivity index (χ0v) is 15.3. The third kappa shape index (κ3) is 4.80. The molecule has 1 unspecified atom stereocenters. The van der Waals surface area contributed by atoms with Gasteiger partial charge in [0.1, 0.15) is 5.75 Å². The molecule has 0 aliphatic carbocycles. The van der Waals surface area contributed by atoms with Crippen LogP contribution in [0, 0.1) is 11.3 Å². The van der Waals surface area contributed by atoms with Crippen molar-refractivity contribution in [2.45, 2.75) is 19.4 Å². The van der Waals surface area contributed by atoms with Gasteiger partial charge in [0.15, 0.2) is 30.0 Å². The Bertz CT molecular complexity index is 900. The summed E-state index contributed by atoms with van der Waals surface area (Å²) in [6, 6.07) is 13.2. The molecule has 7 nitrogen and oxygen atoms in total. The van der Waals surface area contributed by atoms with Crippen LogP contribution in [0.25, 0.3) is 0 Å². The summed E-state index contributed by atoms with van der Waals surface area (Å²) in [4.78, 5) is 24.4. The van der Waals surface area contributed by atoms with Crippen molar-refractivity contribution in [1.29, 1.82) is 5.26 Å². The zero-order valence-electron chi connectivity index (χ0n) is 15.3. The van der Waals surface area contributed by atoms with Crippen LogP contribution in [0.4, 0.5) is 0 Å². The van der Waals surface area contributed by atoms with Gasteiger partial charge in [-0.2, -0.15) is 5.26 Å². The van der Waals surface area contributed by atoms with Crippen LogP contribution in [0.1, 0.15) is 29.3 Å². The average Bonchev–Trinajstić information content (AvgIpc) is 2.97. The van der Waals surface area contributed by atoms with Crippen molar-refractivity contribution < 1.29 is 28.5 Å². The number of carbonyl (C=O) groups excluding carboxylic acids is 2. The van der Waals surface area contributed by atoms with Crippen molar-refractivity contribution in [3.8, 4) is 23.3 Å². The van der Waals surface area contributed by atoms with Crippen molar-refractivity contribution >= 4 is 11.8 Å². The van der Waals surface area contributed by atoms with Crippen LogP contribution >= 0.6 is 0 Å². The minimum atomic E-state index is -0.899. The SMILES string of the molecule is CC(Oc1ccc(C#N)cc1)C(=O)OCC(=O)c1ccc2c(c1)OCCCO2. The molecule has 0 aromatic heterocycles. The van der Waals surface area contributed by atoms with Crippen LogP contribution in [0.5, 0.6) is 17.2 Å². The monoisotopic (exact) mass is 381 g/mol. The lowest BCUT2D eigenvalue weighted by atomic mass is 10.1. The van der Waals surface area contributed by atoms with Crippen molar-refractivity contribution in [2.24, 2.45) is 0 Å². The van der Waals surface area contributed by atoms with Gasteiger partial charge in [-0.25, -0.2) is 4.79 Å². The number of carbonyl (C=O) groups is 2. The van der Waals surface area contributed by atoms with Crippen molar-refractivity contribution in [1.82, 2.24) is 0 Å². The van der Waals surface area contributed by atoms with E-state index in [9.17, 15) is 9.59 Å². The van der Waals surface area contributed by atoms with Gasteiger partial charge in [-0.15, -0.1) is 0 Å². The number of ether oxygens (including phenoxy) is 4. The Morgan fingerprint density at radius 3 is 2.54 bits per heavy atom. The van der Waals surface area contributed by atoms with Crippen LogP contribution in [0.2, 0.25) is 0 Å². The van der Waals surface area contributed by atoms with Crippen molar-refractivity contribution in [2.75, 3.05) is 19.8 Å². The Hall–Kier alpha value is -3.53. The molecule has 1 heterocycles. The highest BCUT2D eigenvalue weighted by Crippen LogP contribution is 2.30. The summed E-state index contributed by atoms with van der Waals surface area (Å²) in [6.45, 7) is 2.21. The van der Waals surface area contributed by atoms with Gasteiger partial charge in [0.2, 0.25) is 0 Å². The first-order chi connectivity index (χ1) is 13.6. The number of fused-ring (bicyclic) bond motifs is 1. The molecular weight excluding hydrogens is 362 g/mol. The quantitative estimate of drug-likeness (QED) is 0.561. The highest BCUT2D eigenvalue weighted by atomic mass is 16.6. The number of nitrogens with zero attached hydrogens (tertiary/aromatic N) is 1. The molecule has 0 spiro atoms. The molecule has 7 heteroatoms. The molecular formula is C21H19NO6. The molecule has 1 aliphatic heterocycles. The number of esters is 1. The van der Waals surface area contributed by atoms with Gasteiger partial charge in [0, 0.05) is 12.0 Å². The summed E-state index contributed by atoms with van der Waals surface area (Å²) in [7, 11) is 0. The van der Waals surface area contributed by atoms with Gasteiger partial charge >= 0.3 is 5.97 Å². The average molecular weight is 381 g/mol. The first-order valence-electron chi connectivity index (χ1n) is 8.83. The fourth-order valence-corrected chi connectivity index (χ4v) is 2.53. The highest BCUT2D eigenvalue weighted by molar-refractivity contribution is 5.98. The summed E-state index contributed by atoms with van der Waals surface area (Å²) >= 11 is 0. The molecule has 2 aromatic rings. The molecule has 144 valence electrons. The van der Waals surface area contributed by atoms with Crippen LogP contribution < -0.4 is 14.2 Å². The van der Waals surface area contributed by atoms with Gasteiger partial charge in [-0.3, -0.25) is 4.79 Å². The lowest BCUT2D eigenvalue weighted by Gasteiger charge is -2.14. The van der Waals surface area contributed by atoms with Crippen molar-refractivity contribution in [3.05, 3.63) is 53.6 Å². The smallest absolute Gasteiger partial charge is 0.347 e. The second-order valence-electron chi connectivity index (χ2n) is 6.14. The standard InChI is InChI=1S/C21H19NO6/c1-14(28-17-6-3-15(12-22)4-7-17)21(24)27-13-18(23)16-5-8-19-20(11-16)26-10-2-9-25-19/h3-8,11,14H,2,9-10,13H2,1H3. The van der Waals surface area contributed by atoms with Crippen LogP contribution in [0.15, 0.2) is 42.5 Å². The van der Waals surface area contributed by atoms with Gasteiger partial charge in [0.25, 0.3) is 0 Å². The molecule has 0 amide bonds. The van der Waals surface area contributed by atoms with Crippen molar-refractivity contribution in [3.63, 3.8) is 0 Å². The number of ketones is 1. The van der Waals surface area contributed by atoms with E-state index in [1.807, 2.05) is 6.07 Å². The Labute approximate surface area is 162 Å². The minimum Gasteiger partial charge on any atom is -0.490 e. The number of hydrogen-bond acceptors (Lipinski definition) is 7. The third-order valence-corrected chi connectivity index (χ3v) is 4.04. The molecule has 0 radical (unpaired) electrons. The Morgan fingerprint density at radius 2 is 1.82 bits per heavy atom.